The van der Waals surface area contributed by atoms with Crippen molar-refractivity contribution >= 4 is 29.6 Å². The average molecular weight is 295 g/mol. The zero-order valence-electron chi connectivity index (χ0n) is 10.4. The molecule has 1 aromatic heterocycles. The van der Waals surface area contributed by atoms with E-state index in [1.54, 1.807) is 14.0 Å². The molecule has 2 rings (SSSR count). The van der Waals surface area contributed by atoms with Crippen molar-refractivity contribution in [3.63, 3.8) is 0 Å². The van der Waals surface area contributed by atoms with Gasteiger partial charge in [0.2, 0.25) is 0 Å². The van der Waals surface area contributed by atoms with Gasteiger partial charge in [-0.25, -0.2) is 9.97 Å². The molecule has 0 aliphatic rings. The fourth-order valence-electron chi connectivity index (χ4n) is 1.51. The Kier molecular flexibility index (Phi) is 4.39. The molecule has 0 fully saturated rings. The maximum atomic E-state index is 11.1. The van der Waals surface area contributed by atoms with Gasteiger partial charge in [0.05, 0.1) is 17.6 Å². The van der Waals surface area contributed by atoms with Crippen LogP contribution in [0.3, 0.4) is 0 Å². The molecule has 0 saturated heterocycles. The van der Waals surface area contributed by atoms with Gasteiger partial charge in [-0.1, -0.05) is 35.5 Å². The monoisotopic (exact) mass is 294 g/mol. The zero-order valence-corrected chi connectivity index (χ0v) is 12.0. The van der Waals surface area contributed by atoms with Gasteiger partial charge in [0.1, 0.15) is 21.8 Å². The van der Waals surface area contributed by atoms with E-state index in [9.17, 15) is 4.79 Å². The van der Waals surface area contributed by atoms with Gasteiger partial charge in [-0.2, -0.15) is 0 Å². The summed E-state index contributed by atoms with van der Waals surface area (Å²) >= 11 is 7.27. The molecule has 1 aromatic carbocycles. The highest BCUT2D eigenvalue weighted by molar-refractivity contribution is 7.99. The minimum Gasteiger partial charge on any atom is -0.496 e. The van der Waals surface area contributed by atoms with Gasteiger partial charge in [-0.3, -0.25) is 4.79 Å². The highest BCUT2D eigenvalue weighted by Gasteiger charge is 2.14. The van der Waals surface area contributed by atoms with Crippen LogP contribution in [0.2, 0.25) is 5.15 Å². The van der Waals surface area contributed by atoms with Crippen LogP contribution in [-0.2, 0) is 0 Å². The van der Waals surface area contributed by atoms with E-state index in [2.05, 4.69) is 9.97 Å². The third-order valence-corrected chi connectivity index (χ3v) is 3.72. The largest absolute Gasteiger partial charge is 0.496 e. The van der Waals surface area contributed by atoms with E-state index in [1.807, 2.05) is 24.3 Å². The van der Waals surface area contributed by atoms with Crippen LogP contribution >= 0.6 is 23.4 Å². The molecule has 0 aliphatic heterocycles. The topological polar surface area (TPSA) is 52.1 Å². The van der Waals surface area contributed by atoms with E-state index in [4.69, 9.17) is 16.3 Å². The van der Waals surface area contributed by atoms with Crippen LogP contribution < -0.4 is 4.74 Å². The van der Waals surface area contributed by atoms with Gasteiger partial charge in [0.15, 0.2) is 6.29 Å². The third-order valence-electron chi connectivity index (χ3n) is 2.37. The highest BCUT2D eigenvalue weighted by Crippen LogP contribution is 2.36. The Bertz CT molecular complexity index is 620. The number of halogens is 1. The number of carbonyl (C=O) groups excluding carboxylic acids is 1. The Morgan fingerprint density at radius 1 is 1.32 bits per heavy atom. The van der Waals surface area contributed by atoms with Crippen LogP contribution in [0.4, 0.5) is 0 Å². The molecule has 2 aromatic rings. The maximum absolute atomic E-state index is 11.1. The average Bonchev–Trinajstić information content (AvgIpc) is 2.39. The number of carbonyl (C=O) groups is 1. The van der Waals surface area contributed by atoms with E-state index >= 15 is 0 Å². The van der Waals surface area contributed by atoms with Gasteiger partial charge in [-0.05, 0) is 19.1 Å². The molecule has 0 atom stereocenters. The molecular formula is C13H11ClN2O2S. The van der Waals surface area contributed by atoms with Crippen molar-refractivity contribution in [2.24, 2.45) is 0 Å². The van der Waals surface area contributed by atoms with E-state index < -0.39 is 0 Å². The summed E-state index contributed by atoms with van der Waals surface area (Å²) in [5.41, 5.74) is 0.295. The Hall–Kier alpha value is -1.59. The van der Waals surface area contributed by atoms with Gasteiger partial charge < -0.3 is 4.74 Å². The molecule has 0 aliphatic carbocycles. The lowest BCUT2D eigenvalue weighted by Gasteiger charge is -2.09. The van der Waals surface area contributed by atoms with Crippen molar-refractivity contribution in [3.8, 4) is 5.75 Å². The summed E-state index contributed by atoms with van der Waals surface area (Å²) in [6, 6.07) is 7.50. The van der Waals surface area contributed by atoms with Crippen LogP contribution in [0.5, 0.6) is 5.75 Å². The first-order valence-electron chi connectivity index (χ1n) is 5.46. The Balaban J connectivity index is 2.46. The number of aldehydes is 1. The molecule has 0 radical (unpaired) electrons. The van der Waals surface area contributed by atoms with Crippen LogP contribution in [0.15, 0.2) is 34.2 Å². The van der Waals surface area contributed by atoms with Crippen LogP contribution in [0.25, 0.3) is 0 Å². The van der Waals surface area contributed by atoms with Crippen LogP contribution in [0, 0.1) is 6.92 Å². The first kappa shape index (κ1) is 13.8. The van der Waals surface area contributed by atoms with Gasteiger partial charge in [-0.15, -0.1) is 0 Å². The number of methoxy groups -OCH3 is 1. The smallest absolute Gasteiger partial charge is 0.155 e. The molecule has 98 valence electrons. The number of benzene rings is 1. The molecular weight excluding hydrogens is 284 g/mol. The molecule has 0 bridgehead atoms. The van der Waals surface area contributed by atoms with Crippen molar-refractivity contribution in [1.29, 1.82) is 0 Å². The number of aryl methyl sites for hydroxylation is 1. The number of rotatable bonds is 4. The third kappa shape index (κ3) is 3.05. The standard InChI is InChI=1S/C13H11ClN2O2S/c1-8-15-12(14)9(7-17)13(16-8)19-11-6-4-3-5-10(11)18-2/h3-7H,1-2H3. The summed E-state index contributed by atoms with van der Waals surface area (Å²) in [4.78, 5) is 20.2. The van der Waals surface area contributed by atoms with Crippen molar-refractivity contribution in [1.82, 2.24) is 9.97 Å². The van der Waals surface area contributed by atoms with E-state index in [0.717, 1.165) is 10.6 Å². The van der Waals surface area contributed by atoms with Crippen molar-refractivity contribution < 1.29 is 9.53 Å². The predicted octanol–water partition coefficient (Wildman–Crippen LogP) is 3.41. The van der Waals surface area contributed by atoms with Gasteiger partial charge in [0, 0.05) is 0 Å². The SMILES string of the molecule is COc1ccccc1Sc1nc(C)nc(Cl)c1C=O. The fourth-order valence-corrected chi connectivity index (χ4v) is 2.86. The quantitative estimate of drug-likeness (QED) is 0.639. The number of ether oxygens (including phenoxy) is 1. The number of aromatic nitrogens is 2. The number of nitrogens with zero attached hydrogens (tertiary/aromatic N) is 2. The molecule has 6 heteroatoms. The highest BCUT2D eigenvalue weighted by atomic mass is 35.5. The fraction of sp³-hybridized carbons (Fsp3) is 0.154. The Morgan fingerprint density at radius 3 is 2.74 bits per heavy atom. The molecule has 0 amide bonds. The molecule has 0 N–H and O–H groups in total. The van der Waals surface area contributed by atoms with Gasteiger partial charge in [0.25, 0.3) is 0 Å². The molecule has 0 saturated carbocycles. The van der Waals surface area contributed by atoms with Crippen molar-refractivity contribution in [3.05, 3.63) is 40.8 Å². The minimum absolute atomic E-state index is 0.167. The summed E-state index contributed by atoms with van der Waals surface area (Å²) in [5.74, 6) is 1.24. The van der Waals surface area contributed by atoms with Gasteiger partial charge >= 0.3 is 0 Å². The number of para-hydroxylation sites is 1. The second-order valence-corrected chi connectivity index (χ2v) is 5.04. The first-order chi connectivity index (χ1) is 9.15. The van der Waals surface area contributed by atoms with E-state index in [-0.39, 0.29) is 5.15 Å². The lowest BCUT2D eigenvalue weighted by atomic mass is 10.3. The summed E-state index contributed by atoms with van der Waals surface area (Å²) in [5, 5.41) is 0.692. The lowest BCUT2D eigenvalue weighted by molar-refractivity contribution is 0.112. The van der Waals surface area contributed by atoms with Crippen LogP contribution in [-0.4, -0.2) is 23.4 Å². The number of hydrogen-bond donors (Lipinski definition) is 0. The second-order valence-electron chi connectivity index (χ2n) is 3.65. The van der Waals surface area contributed by atoms with Crippen molar-refractivity contribution in [2.75, 3.05) is 7.11 Å². The predicted molar refractivity (Wildman–Crippen MR) is 74.3 cm³/mol. The summed E-state index contributed by atoms with van der Waals surface area (Å²) < 4.78 is 5.27. The molecule has 0 spiro atoms. The Morgan fingerprint density at radius 2 is 2.05 bits per heavy atom. The first-order valence-corrected chi connectivity index (χ1v) is 6.65. The van der Waals surface area contributed by atoms with E-state index in [1.165, 1.54) is 11.8 Å². The van der Waals surface area contributed by atoms with Crippen molar-refractivity contribution in [2.45, 2.75) is 16.8 Å². The summed E-state index contributed by atoms with van der Waals surface area (Å²) in [6.45, 7) is 1.73. The zero-order chi connectivity index (χ0) is 13.8. The summed E-state index contributed by atoms with van der Waals surface area (Å²) in [7, 11) is 1.60. The minimum atomic E-state index is 0.167. The summed E-state index contributed by atoms with van der Waals surface area (Å²) in [6.07, 6.45) is 0.666. The molecule has 4 nitrogen and oxygen atoms in total. The van der Waals surface area contributed by atoms with E-state index in [0.29, 0.717) is 22.7 Å². The maximum Gasteiger partial charge on any atom is 0.155 e. The molecule has 0 unspecified atom stereocenters. The normalized spacial score (nSPS) is 10.3. The number of hydrogen-bond acceptors (Lipinski definition) is 5. The molecule has 19 heavy (non-hydrogen) atoms. The lowest BCUT2D eigenvalue weighted by Crippen LogP contribution is -1.98. The van der Waals surface area contributed by atoms with Crippen LogP contribution in [0.1, 0.15) is 16.2 Å². The second kappa shape index (κ2) is 6.04. The Labute approximate surface area is 120 Å². The molecule has 1 heterocycles.